The number of thiophene rings is 1. The third-order valence-electron chi connectivity index (χ3n) is 2.49. The quantitative estimate of drug-likeness (QED) is 0.815. The molecule has 18 heavy (non-hydrogen) atoms. The minimum absolute atomic E-state index is 0.0261. The Morgan fingerprint density at radius 2 is 1.94 bits per heavy atom. The smallest absolute Gasteiger partial charge is 0.132 e. The summed E-state index contributed by atoms with van der Waals surface area (Å²) in [4.78, 5) is 11.3. The predicted octanol–water partition coefficient (Wildman–Crippen LogP) is 0.996. The number of anilines is 1. The van der Waals surface area contributed by atoms with Crippen LogP contribution in [-0.4, -0.2) is 46.5 Å². The number of hydrogen-bond donors (Lipinski definition) is 2. The highest BCUT2D eigenvalue weighted by atomic mass is 32.1. The molecule has 6 heteroatoms. The molecule has 96 valence electrons. The summed E-state index contributed by atoms with van der Waals surface area (Å²) in [6, 6.07) is 5.84. The van der Waals surface area contributed by atoms with Gasteiger partial charge in [-0.05, 0) is 11.4 Å². The van der Waals surface area contributed by atoms with Gasteiger partial charge in [-0.1, -0.05) is 6.07 Å². The van der Waals surface area contributed by atoms with E-state index < -0.39 is 0 Å². The van der Waals surface area contributed by atoms with Crippen molar-refractivity contribution in [1.29, 1.82) is 0 Å². The summed E-state index contributed by atoms with van der Waals surface area (Å²) < 4.78 is 0. The van der Waals surface area contributed by atoms with Gasteiger partial charge in [0.1, 0.15) is 12.1 Å². The van der Waals surface area contributed by atoms with Gasteiger partial charge in [-0.25, -0.2) is 9.97 Å². The first-order chi connectivity index (χ1) is 8.85. The van der Waals surface area contributed by atoms with E-state index >= 15 is 0 Å². The fraction of sp³-hybridized carbons (Fsp3) is 0.333. The lowest BCUT2D eigenvalue weighted by Gasteiger charge is -2.21. The second-order valence-corrected chi connectivity index (χ2v) is 4.62. The number of rotatable bonds is 6. The van der Waals surface area contributed by atoms with E-state index in [1.54, 1.807) is 11.3 Å². The van der Waals surface area contributed by atoms with Crippen molar-refractivity contribution in [3.63, 3.8) is 0 Å². The van der Waals surface area contributed by atoms with Crippen molar-refractivity contribution < 1.29 is 10.2 Å². The third kappa shape index (κ3) is 3.04. The minimum atomic E-state index is 0.0261. The lowest BCUT2D eigenvalue weighted by atomic mass is 10.3. The zero-order chi connectivity index (χ0) is 12.8. The Morgan fingerprint density at radius 3 is 2.56 bits per heavy atom. The highest BCUT2D eigenvalue weighted by Gasteiger charge is 2.09. The van der Waals surface area contributed by atoms with E-state index in [-0.39, 0.29) is 13.2 Å². The van der Waals surface area contributed by atoms with Gasteiger partial charge >= 0.3 is 0 Å². The zero-order valence-electron chi connectivity index (χ0n) is 9.86. The minimum Gasteiger partial charge on any atom is -0.395 e. The van der Waals surface area contributed by atoms with Crippen LogP contribution < -0.4 is 4.90 Å². The maximum Gasteiger partial charge on any atom is 0.132 e. The molecule has 2 heterocycles. The van der Waals surface area contributed by atoms with Crippen LogP contribution in [0, 0.1) is 0 Å². The Kier molecular flexibility index (Phi) is 4.63. The van der Waals surface area contributed by atoms with Crippen molar-refractivity contribution >= 4 is 17.2 Å². The largest absolute Gasteiger partial charge is 0.395 e. The molecule has 5 nitrogen and oxygen atoms in total. The molecule has 0 saturated heterocycles. The molecular formula is C12H15N3O2S. The molecule has 0 saturated carbocycles. The summed E-state index contributed by atoms with van der Waals surface area (Å²) in [5, 5.41) is 20.0. The number of aliphatic hydroxyl groups is 2. The fourth-order valence-electron chi connectivity index (χ4n) is 1.66. The standard InChI is InChI=1S/C12H15N3O2S/c16-5-3-15(4-6-17)12-8-10(13-9-14-12)11-2-1-7-18-11/h1-2,7-9,16-17H,3-6H2. The van der Waals surface area contributed by atoms with Gasteiger partial charge in [0.05, 0.1) is 23.8 Å². The Bertz CT molecular complexity index is 470. The number of aliphatic hydroxyl groups excluding tert-OH is 2. The Morgan fingerprint density at radius 1 is 1.17 bits per heavy atom. The molecule has 0 fully saturated rings. The predicted molar refractivity (Wildman–Crippen MR) is 71.7 cm³/mol. The molecule has 0 atom stereocenters. The van der Waals surface area contributed by atoms with Gasteiger partial charge in [-0.2, -0.15) is 0 Å². The second kappa shape index (κ2) is 6.44. The third-order valence-corrected chi connectivity index (χ3v) is 3.38. The van der Waals surface area contributed by atoms with Crippen molar-refractivity contribution in [2.24, 2.45) is 0 Å². The van der Waals surface area contributed by atoms with Gasteiger partial charge in [0.25, 0.3) is 0 Å². The van der Waals surface area contributed by atoms with Crippen molar-refractivity contribution in [3.05, 3.63) is 29.9 Å². The fourth-order valence-corrected chi connectivity index (χ4v) is 2.35. The van der Waals surface area contributed by atoms with Crippen molar-refractivity contribution in [2.75, 3.05) is 31.2 Å². The first-order valence-corrected chi connectivity index (χ1v) is 6.55. The lowest BCUT2D eigenvalue weighted by Crippen LogP contribution is -2.30. The van der Waals surface area contributed by atoms with Gasteiger partial charge in [-0.15, -0.1) is 11.3 Å². The summed E-state index contributed by atoms with van der Waals surface area (Å²) in [7, 11) is 0. The molecule has 0 radical (unpaired) electrons. The van der Waals surface area contributed by atoms with Crippen LogP contribution in [-0.2, 0) is 0 Å². The van der Waals surface area contributed by atoms with Crippen LogP contribution >= 0.6 is 11.3 Å². The van der Waals surface area contributed by atoms with Crippen molar-refractivity contribution in [3.8, 4) is 10.6 Å². The van der Waals surface area contributed by atoms with Crippen LogP contribution in [0.1, 0.15) is 0 Å². The van der Waals surface area contributed by atoms with E-state index in [4.69, 9.17) is 10.2 Å². The van der Waals surface area contributed by atoms with E-state index in [0.717, 1.165) is 16.4 Å². The van der Waals surface area contributed by atoms with Crippen LogP contribution in [0.25, 0.3) is 10.6 Å². The van der Waals surface area contributed by atoms with E-state index in [9.17, 15) is 0 Å². The summed E-state index contributed by atoms with van der Waals surface area (Å²) >= 11 is 1.62. The van der Waals surface area contributed by atoms with Crippen LogP contribution in [0.5, 0.6) is 0 Å². The van der Waals surface area contributed by atoms with Crippen molar-refractivity contribution in [1.82, 2.24) is 9.97 Å². The Labute approximate surface area is 109 Å². The Balaban J connectivity index is 2.25. The normalized spacial score (nSPS) is 10.6. The molecule has 0 aromatic carbocycles. The van der Waals surface area contributed by atoms with E-state index in [2.05, 4.69) is 9.97 Å². The van der Waals surface area contributed by atoms with Gasteiger partial charge in [0.15, 0.2) is 0 Å². The highest BCUT2D eigenvalue weighted by molar-refractivity contribution is 7.13. The molecular weight excluding hydrogens is 250 g/mol. The second-order valence-electron chi connectivity index (χ2n) is 3.67. The van der Waals surface area contributed by atoms with Crippen LogP contribution in [0.2, 0.25) is 0 Å². The van der Waals surface area contributed by atoms with E-state index in [0.29, 0.717) is 13.1 Å². The average molecular weight is 265 g/mol. The molecule has 0 spiro atoms. The Hall–Kier alpha value is -1.50. The zero-order valence-corrected chi connectivity index (χ0v) is 10.7. The molecule has 0 unspecified atom stereocenters. The molecule has 0 aliphatic rings. The number of nitrogens with zero attached hydrogens (tertiary/aromatic N) is 3. The summed E-state index contributed by atoms with van der Waals surface area (Å²) in [6.07, 6.45) is 1.51. The topological polar surface area (TPSA) is 69.5 Å². The highest BCUT2D eigenvalue weighted by Crippen LogP contribution is 2.24. The summed E-state index contributed by atoms with van der Waals surface area (Å²) in [5.41, 5.74) is 0.857. The monoisotopic (exact) mass is 265 g/mol. The van der Waals surface area contributed by atoms with Gasteiger partial charge in [0, 0.05) is 19.2 Å². The first-order valence-electron chi connectivity index (χ1n) is 5.67. The molecule has 2 aromatic heterocycles. The number of aromatic nitrogens is 2. The average Bonchev–Trinajstić information content (AvgIpc) is 2.93. The van der Waals surface area contributed by atoms with Gasteiger partial charge in [-0.3, -0.25) is 0 Å². The van der Waals surface area contributed by atoms with E-state index in [1.807, 2.05) is 28.5 Å². The molecule has 2 N–H and O–H groups in total. The SMILES string of the molecule is OCCN(CCO)c1cc(-c2cccs2)ncn1. The van der Waals surface area contributed by atoms with E-state index in [1.165, 1.54) is 6.33 Å². The van der Waals surface area contributed by atoms with Crippen LogP contribution in [0.15, 0.2) is 29.9 Å². The molecule has 2 rings (SSSR count). The molecule has 0 aliphatic carbocycles. The lowest BCUT2D eigenvalue weighted by molar-refractivity contribution is 0.280. The van der Waals surface area contributed by atoms with Gasteiger partial charge < -0.3 is 15.1 Å². The summed E-state index contributed by atoms with van der Waals surface area (Å²) in [5.74, 6) is 0.719. The molecule has 0 amide bonds. The maximum absolute atomic E-state index is 9.01. The van der Waals surface area contributed by atoms with Crippen LogP contribution in [0.4, 0.5) is 5.82 Å². The summed E-state index contributed by atoms with van der Waals surface area (Å²) in [6.45, 7) is 0.944. The maximum atomic E-state index is 9.01. The molecule has 0 bridgehead atoms. The van der Waals surface area contributed by atoms with Gasteiger partial charge in [0.2, 0.25) is 0 Å². The molecule has 2 aromatic rings. The van der Waals surface area contributed by atoms with Crippen molar-refractivity contribution in [2.45, 2.75) is 0 Å². The molecule has 0 aliphatic heterocycles. The number of hydrogen-bond acceptors (Lipinski definition) is 6. The first kappa shape index (κ1) is 12.9. The van der Waals surface area contributed by atoms with Crippen LogP contribution in [0.3, 0.4) is 0 Å².